The Hall–Kier alpha value is -1.81. The molecular formula is C14H17BN2O. The van der Waals surface area contributed by atoms with Gasteiger partial charge in [-0.1, -0.05) is 35.8 Å². The fraction of sp³-hybridized carbons (Fsp3) is 0.214. The molecule has 0 radical (unpaired) electrons. The van der Waals surface area contributed by atoms with E-state index >= 15 is 0 Å². The predicted molar refractivity (Wildman–Crippen MR) is 77.0 cm³/mol. The van der Waals surface area contributed by atoms with Crippen LogP contribution < -0.4 is 10.4 Å². The number of rotatable bonds is 5. The Morgan fingerprint density at radius 3 is 2.56 bits per heavy atom. The van der Waals surface area contributed by atoms with Crippen molar-refractivity contribution in [1.82, 2.24) is 4.98 Å². The summed E-state index contributed by atoms with van der Waals surface area (Å²) in [4.78, 5) is 6.42. The molecule has 1 N–H and O–H groups in total. The molecule has 0 aliphatic carbocycles. The van der Waals surface area contributed by atoms with Crippen molar-refractivity contribution >= 4 is 19.1 Å². The summed E-state index contributed by atoms with van der Waals surface area (Å²) in [7, 11) is 2.10. The molecule has 0 bridgehead atoms. The molecule has 0 saturated carbocycles. The highest BCUT2D eigenvalue weighted by molar-refractivity contribution is 6.33. The Balaban J connectivity index is 2.19. The van der Waals surface area contributed by atoms with Gasteiger partial charge in [0.1, 0.15) is 13.7 Å². The van der Waals surface area contributed by atoms with Crippen LogP contribution in [0.3, 0.4) is 0 Å². The number of benzene rings is 1. The van der Waals surface area contributed by atoms with Crippen LogP contribution in [-0.4, -0.2) is 31.1 Å². The third kappa shape index (κ3) is 3.11. The van der Waals surface area contributed by atoms with Gasteiger partial charge in [-0.15, -0.1) is 0 Å². The highest BCUT2D eigenvalue weighted by atomic mass is 16.3. The van der Waals surface area contributed by atoms with Gasteiger partial charge in [0.2, 0.25) is 0 Å². The summed E-state index contributed by atoms with van der Waals surface area (Å²) in [5, 5.41) is 9.18. The minimum absolute atomic E-state index is 0.127. The summed E-state index contributed by atoms with van der Waals surface area (Å²) in [6, 6.07) is 14.1. The fourth-order valence-corrected chi connectivity index (χ4v) is 1.93. The number of hydrogen-bond acceptors (Lipinski definition) is 3. The molecule has 4 heteroatoms. The first-order valence-electron chi connectivity index (χ1n) is 6.12. The molecule has 2 aromatic rings. The largest absolute Gasteiger partial charge is 0.395 e. The second-order valence-corrected chi connectivity index (χ2v) is 4.26. The van der Waals surface area contributed by atoms with Gasteiger partial charge < -0.3 is 10.0 Å². The minimum Gasteiger partial charge on any atom is -0.395 e. The molecule has 2 rings (SSSR count). The molecule has 0 fully saturated rings. The Bertz CT molecular complexity index is 490. The monoisotopic (exact) mass is 240 g/mol. The second kappa shape index (κ2) is 6.22. The molecule has 0 aliphatic heterocycles. The lowest BCUT2D eigenvalue weighted by Gasteiger charge is -2.23. The van der Waals surface area contributed by atoms with E-state index in [2.05, 4.69) is 29.9 Å². The van der Waals surface area contributed by atoms with Crippen molar-refractivity contribution in [3.8, 4) is 0 Å². The molecule has 0 amide bonds. The van der Waals surface area contributed by atoms with Gasteiger partial charge in [-0.2, -0.15) is 0 Å². The summed E-state index contributed by atoms with van der Waals surface area (Å²) in [6.45, 7) is 1.48. The number of aromatic nitrogens is 1. The number of anilines is 1. The summed E-state index contributed by atoms with van der Waals surface area (Å²) >= 11 is 0. The molecule has 1 heterocycles. The number of pyridine rings is 1. The van der Waals surface area contributed by atoms with Crippen LogP contribution in [-0.2, 0) is 6.54 Å². The molecule has 0 saturated heterocycles. The van der Waals surface area contributed by atoms with Crippen LogP contribution in [0.25, 0.3) is 0 Å². The maximum absolute atomic E-state index is 9.18. The van der Waals surface area contributed by atoms with E-state index in [0.717, 1.165) is 12.4 Å². The Labute approximate surface area is 109 Å². The van der Waals surface area contributed by atoms with Gasteiger partial charge in [0.05, 0.1) is 6.61 Å². The smallest absolute Gasteiger partial charge is 0.139 e. The van der Waals surface area contributed by atoms with E-state index in [9.17, 15) is 5.11 Å². The molecule has 1 aromatic carbocycles. The zero-order valence-electron chi connectivity index (χ0n) is 10.6. The van der Waals surface area contributed by atoms with E-state index in [1.807, 2.05) is 30.3 Å². The van der Waals surface area contributed by atoms with Crippen molar-refractivity contribution in [3.63, 3.8) is 0 Å². The van der Waals surface area contributed by atoms with Crippen molar-refractivity contribution in [3.05, 3.63) is 54.2 Å². The Morgan fingerprint density at radius 1 is 1.11 bits per heavy atom. The van der Waals surface area contributed by atoms with Gasteiger partial charge in [-0.25, -0.2) is 4.98 Å². The van der Waals surface area contributed by atoms with Crippen LogP contribution in [0.4, 0.5) is 5.82 Å². The van der Waals surface area contributed by atoms with Crippen LogP contribution >= 0.6 is 0 Å². The lowest BCUT2D eigenvalue weighted by molar-refractivity contribution is 0.301. The zero-order chi connectivity index (χ0) is 12.8. The van der Waals surface area contributed by atoms with Crippen LogP contribution in [0, 0.1) is 0 Å². The summed E-state index contributed by atoms with van der Waals surface area (Å²) < 4.78 is 0. The molecule has 18 heavy (non-hydrogen) atoms. The van der Waals surface area contributed by atoms with Gasteiger partial charge in [0, 0.05) is 19.3 Å². The molecule has 92 valence electrons. The summed E-state index contributed by atoms with van der Waals surface area (Å²) in [6.07, 6.45) is 1.78. The first kappa shape index (κ1) is 12.6. The molecule has 0 spiro atoms. The summed E-state index contributed by atoms with van der Waals surface area (Å²) in [5.74, 6) is 0.898. The lowest BCUT2D eigenvalue weighted by Crippen LogP contribution is -2.29. The van der Waals surface area contributed by atoms with Gasteiger partial charge in [0.15, 0.2) is 0 Å². The van der Waals surface area contributed by atoms with E-state index in [1.165, 1.54) is 11.0 Å². The van der Waals surface area contributed by atoms with Gasteiger partial charge in [0.25, 0.3) is 0 Å². The van der Waals surface area contributed by atoms with Crippen molar-refractivity contribution in [1.29, 1.82) is 0 Å². The fourth-order valence-electron chi connectivity index (χ4n) is 1.93. The van der Waals surface area contributed by atoms with Crippen molar-refractivity contribution < 1.29 is 5.11 Å². The lowest BCUT2D eigenvalue weighted by atomic mass is 9.90. The predicted octanol–water partition coefficient (Wildman–Crippen LogP) is 0.339. The Morgan fingerprint density at radius 2 is 1.89 bits per heavy atom. The normalized spacial score (nSPS) is 10.3. The maximum atomic E-state index is 9.18. The van der Waals surface area contributed by atoms with Crippen molar-refractivity contribution in [2.75, 3.05) is 18.1 Å². The molecule has 1 aromatic heterocycles. The standard InChI is InChI=1S/C14H17BN2O/c15-13-6-2-1-5-12(13)11-17(9-10-18)14-7-3-4-8-16-14/h1-8,18H,9-11,15H2. The second-order valence-electron chi connectivity index (χ2n) is 4.26. The van der Waals surface area contributed by atoms with Crippen LogP contribution in [0.1, 0.15) is 5.56 Å². The highest BCUT2D eigenvalue weighted by Crippen LogP contribution is 2.12. The van der Waals surface area contributed by atoms with Gasteiger partial charge >= 0.3 is 0 Å². The van der Waals surface area contributed by atoms with Crippen LogP contribution in [0.5, 0.6) is 0 Å². The molecule has 0 unspecified atom stereocenters. The van der Waals surface area contributed by atoms with Crippen LogP contribution in [0.15, 0.2) is 48.7 Å². The maximum Gasteiger partial charge on any atom is 0.139 e. The zero-order valence-corrected chi connectivity index (χ0v) is 10.6. The van der Waals surface area contributed by atoms with Crippen molar-refractivity contribution in [2.45, 2.75) is 6.54 Å². The number of hydrogen-bond donors (Lipinski definition) is 1. The number of aliphatic hydroxyl groups is 1. The first-order valence-corrected chi connectivity index (χ1v) is 6.12. The third-order valence-corrected chi connectivity index (χ3v) is 2.97. The van der Waals surface area contributed by atoms with Crippen molar-refractivity contribution in [2.24, 2.45) is 0 Å². The summed E-state index contributed by atoms with van der Waals surface area (Å²) in [5.41, 5.74) is 2.52. The molecular weight excluding hydrogens is 223 g/mol. The average Bonchev–Trinajstić information content (AvgIpc) is 2.42. The van der Waals surface area contributed by atoms with E-state index in [-0.39, 0.29) is 6.61 Å². The minimum atomic E-state index is 0.127. The number of aliphatic hydroxyl groups excluding tert-OH is 1. The molecule has 0 aliphatic rings. The van der Waals surface area contributed by atoms with Crippen LogP contribution in [0.2, 0.25) is 0 Å². The quantitative estimate of drug-likeness (QED) is 0.765. The number of nitrogens with zero attached hydrogens (tertiary/aromatic N) is 2. The van der Waals surface area contributed by atoms with Gasteiger partial charge in [-0.3, -0.25) is 0 Å². The average molecular weight is 240 g/mol. The third-order valence-electron chi connectivity index (χ3n) is 2.97. The van der Waals surface area contributed by atoms with E-state index < -0.39 is 0 Å². The Kier molecular flexibility index (Phi) is 4.37. The van der Waals surface area contributed by atoms with E-state index in [1.54, 1.807) is 6.20 Å². The molecule has 0 atom stereocenters. The van der Waals surface area contributed by atoms with Gasteiger partial charge in [-0.05, 0) is 17.7 Å². The topological polar surface area (TPSA) is 36.4 Å². The first-order chi connectivity index (χ1) is 8.81. The highest BCUT2D eigenvalue weighted by Gasteiger charge is 2.08. The van der Waals surface area contributed by atoms with E-state index in [0.29, 0.717) is 6.54 Å². The van der Waals surface area contributed by atoms with E-state index in [4.69, 9.17) is 0 Å². The molecule has 3 nitrogen and oxygen atoms in total. The SMILES string of the molecule is Bc1ccccc1CN(CCO)c1ccccn1.